The maximum atomic E-state index is 11.3. The molecule has 0 radical (unpaired) electrons. The second-order valence-electron chi connectivity index (χ2n) is 4.26. The van der Waals surface area contributed by atoms with E-state index in [2.05, 4.69) is 6.92 Å². The van der Waals surface area contributed by atoms with Crippen molar-refractivity contribution in [1.82, 2.24) is 0 Å². The first-order valence-corrected chi connectivity index (χ1v) is 6.29. The highest BCUT2D eigenvalue weighted by molar-refractivity contribution is 5.96. The molecule has 0 saturated heterocycles. The van der Waals surface area contributed by atoms with Crippen molar-refractivity contribution in [2.45, 2.75) is 39.0 Å². The lowest BCUT2D eigenvalue weighted by molar-refractivity contribution is -0.114. The average molecular weight is 231 g/mol. The topological polar surface area (TPSA) is 43.1 Å². The number of carbonyl (C=O) groups is 1. The van der Waals surface area contributed by atoms with Crippen molar-refractivity contribution in [2.75, 3.05) is 0 Å². The van der Waals surface area contributed by atoms with Gasteiger partial charge in [0.05, 0.1) is 0 Å². The molecular weight excluding hydrogens is 210 g/mol. The van der Waals surface area contributed by atoms with E-state index in [9.17, 15) is 4.79 Å². The largest absolute Gasteiger partial charge is 0.366 e. The fraction of sp³-hybridized carbons (Fsp3) is 0.400. The van der Waals surface area contributed by atoms with Crippen molar-refractivity contribution in [2.24, 2.45) is 5.73 Å². The standard InChI is InChI=1S/C15H21NO/c1-2-3-4-8-11-14(15(16)17)12-13-9-6-5-7-10-13/h5-7,9-10,12H,2-4,8,11H2,1H3,(H2,16,17). The van der Waals surface area contributed by atoms with E-state index < -0.39 is 0 Å². The summed E-state index contributed by atoms with van der Waals surface area (Å²) in [6.45, 7) is 2.18. The molecule has 0 aliphatic heterocycles. The summed E-state index contributed by atoms with van der Waals surface area (Å²) in [5, 5.41) is 0. The normalized spacial score (nSPS) is 11.5. The van der Waals surface area contributed by atoms with Gasteiger partial charge in [-0.3, -0.25) is 4.79 Å². The third-order valence-electron chi connectivity index (χ3n) is 2.76. The molecule has 2 N–H and O–H groups in total. The van der Waals surface area contributed by atoms with E-state index >= 15 is 0 Å². The van der Waals surface area contributed by atoms with Crippen LogP contribution in [0, 0.1) is 0 Å². The second kappa shape index (κ2) is 7.66. The molecule has 2 heteroatoms. The van der Waals surface area contributed by atoms with Crippen molar-refractivity contribution in [3.8, 4) is 0 Å². The van der Waals surface area contributed by atoms with Gasteiger partial charge in [0.25, 0.3) is 0 Å². The van der Waals surface area contributed by atoms with Gasteiger partial charge in [-0.2, -0.15) is 0 Å². The van der Waals surface area contributed by atoms with Crippen molar-refractivity contribution in [1.29, 1.82) is 0 Å². The molecule has 0 fully saturated rings. The van der Waals surface area contributed by atoms with E-state index in [1.807, 2.05) is 36.4 Å². The Labute approximate surface area is 104 Å². The lowest BCUT2D eigenvalue weighted by Crippen LogP contribution is -2.13. The summed E-state index contributed by atoms with van der Waals surface area (Å²) in [5.41, 5.74) is 7.16. The molecule has 0 aromatic heterocycles. The van der Waals surface area contributed by atoms with Crippen LogP contribution in [0.2, 0.25) is 0 Å². The Morgan fingerprint density at radius 1 is 1.18 bits per heavy atom. The predicted octanol–water partition coefficient (Wildman–Crippen LogP) is 3.53. The van der Waals surface area contributed by atoms with Crippen LogP contribution >= 0.6 is 0 Å². The third kappa shape index (κ3) is 5.34. The number of rotatable bonds is 7. The van der Waals surface area contributed by atoms with Crippen LogP contribution in [0.25, 0.3) is 6.08 Å². The highest BCUT2D eigenvalue weighted by Crippen LogP contribution is 2.14. The first-order chi connectivity index (χ1) is 8.24. The third-order valence-corrected chi connectivity index (χ3v) is 2.76. The minimum Gasteiger partial charge on any atom is -0.366 e. The first kappa shape index (κ1) is 13.5. The van der Waals surface area contributed by atoms with Gasteiger partial charge in [0.2, 0.25) is 5.91 Å². The predicted molar refractivity (Wildman–Crippen MR) is 72.4 cm³/mol. The molecule has 1 aromatic rings. The molecule has 0 spiro atoms. The van der Waals surface area contributed by atoms with Crippen LogP contribution in [-0.2, 0) is 4.79 Å². The summed E-state index contributed by atoms with van der Waals surface area (Å²) in [4.78, 5) is 11.3. The van der Waals surface area contributed by atoms with E-state index in [4.69, 9.17) is 5.73 Å². The quantitative estimate of drug-likeness (QED) is 0.566. The molecule has 0 unspecified atom stereocenters. The van der Waals surface area contributed by atoms with E-state index in [-0.39, 0.29) is 5.91 Å². The Morgan fingerprint density at radius 3 is 2.47 bits per heavy atom. The summed E-state index contributed by atoms with van der Waals surface area (Å²) in [7, 11) is 0. The number of hydrogen-bond donors (Lipinski definition) is 1. The number of nitrogens with two attached hydrogens (primary N) is 1. The van der Waals surface area contributed by atoms with Crippen molar-refractivity contribution in [3.63, 3.8) is 0 Å². The van der Waals surface area contributed by atoms with Gasteiger partial charge in [0.15, 0.2) is 0 Å². The number of benzene rings is 1. The van der Waals surface area contributed by atoms with Crippen LogP contribution in [0.5, 0.6) is 0 Å². The maximum absolute atomic E-state index is 11.3. The minimum absolute atomic E-state index is 0.301. The molecule has 0 aliphatic rings. The summed E-state index contributed by atoms with van der Waals surface area (Å²) < 4.78 is 0. The van der Waals surface area contributed by atoms with Crippen molar-refractivity contribution < 1.29 is 4.79 Å². The zero-order chi connectivity index (χ0) is 12.5. The van der Waals surface area contributed by atoms with Crippen LogP contribution in [0.15, 0.2) is 35.9 Å². The zero-order valence-electron chi connectivity index (χ0n) is 10.5. The van der Waals surface area contributed by atoms with E-state index in [0.717, 1.165) is 30.4 Å². The SMILES string of the molecule is CCCCCCC(=Cc1ccccc1)C(N)=O. The Balaban J connectivity index is 2.60. The molecule has 1 amide bonds. The Morgan fingerprint density at radius 2 is 1.88 bits per heavy atom. The second-order valence-corrected chi connectivity index (χ2v) is 4.26. The number of primary amides is 1. The summed E-state index contributed by atoms with van der Waals surface area (Å²) in [6.07, 6.45) is 7.30. The fourth-order valence-corrected chi connectivity index (χ4v) is 1.76. The molecule has 92 valence electrons. The number of amides is 1. The molecule has 0 aliphatic carbocycles. The fourth-order valence-electron chi connectivity index (χ4n) is 1.76. The molecule has 0 atom stereocenters. The van der Waals surface area contributed by atoms with Crippen molar-refractivity contribution in [3.05, 3.63) is 41.5 Å². The van der Waals surface area contributed by atoms with Crippen LogP contribution < -0.4 is 5.73 Å². The Kier molecular flexibility index (Phi) is 6.08. The summed E-state index contributed by atoms with van der Waals surface area (Å²) in [6, 6.07) is 9.84. The molecule has 0 heterocycles. The lowest BCUT2D eigenvalue weighted by atomic mass is 10.0. The van der Waals surface area contributed by atoms with Gasteiger partial charge >= 0.3 is 0 Å². The van der Waals surface area contributed by atoms with E-state index in [1.165, 1.54) is 12.8 Å². The molecule has 17 heavy (non-hydrogen) atoms. The Bertz CT molecular complexity index is 368. The average Bonchev–Trinajstić information content (AvgIpc) is 2.34. The monoisotopic (exact) mass is 231 g/mol. The molecule has 0 bridgehead atoms. The van der Waals surface area contributed by atoms with Crippen LogP contribution in [-0.4, -0.2) is 5.91 Å². The Hall–Kier alpha value is -1.57. The van der Waals surface area contributed by atoms with Gasteiger partial charge in [-0.15, -0.1) is 0 Å². The molecule has 1 rings (SSSR count). The molecular formula is C15H21NO. The van der Waals surface area contributed by atoms with Gasteiger partial charge in [-0.25, -0.2) is 0 Å². The lowest BCUT2D eigenvalue weighted by Gasteiger charge is -2.03. The van der Waals surface area contributed by atoms with Crippen LogP contribution in [0.1, 0.15) is 44.6 Å². The van der Waals surface area contributed by atoms with Crippen molar-refractivity contribution >= 4 is 12.0 Å². The highest BCUT2D eigenvalue weighted by atomic mass is 16.1. The summed E-state index contributed by atoms with van der Waals surface area (Å²) >= 11 is 0. The van der Waals surface area contributed by atoms with Gasteiger partial charge in [0.1, 0.15) is 0 Å². The van der Waals surface area contributed by atoms with Gasteiger partial charge in [-0.1, -0.05) is 56.5 Å². The summed E-state index contributed by atoms with van der Waals surface area (Å²) in [5.74, 6) is -0.301. The zero-order valence-corrected chi connectivity index (χ0v) is 10.5. The first-order valence-electron chi connectivity index (χ1n) is 6.29. The highest BCUT2D eigenvalue weighted by Gasteiger charge is 2.04. The smallest absolute Gasteiger partial charge is 0.244 e. The molecule has 0 saturated carbocycles. The maximum Gasteiger partial charge on any atom is 0.244 e. The number of unbranched alkanes of at least 4 members (excludes halogenated alkanes) is 3. The van der Waals surface area contributed by atoms with Gasteiger partial charge in [0, 0.05) is 5.57 Å². The van der Waals surface area contributed by atoms with Crippen LogP contribution in [0.3, 0.4) is 0 Å². The van der Waals surface area contributed by atoms with E-state index in [0.29, 0.717) is 0 Å². The van der Waals surface area contributed by atoms with Gasteiger partial charge < -0.3 is 5.73 Å². The van der Waals surface area contributed by atoms with Crippen LogP contribution in [0.4, 0.5) is 0 Å². The number of hydrogen-bond acceptors (Lipinski definition) is 1. The number of carbonyl (C=O) groups excluding carboxylic acids is 1. The minimum atomic E-state index is -0.301. The molecule has 1 aromatic carbocycles. The van der Waals surface area contributed by atoms with Gasteiger partial charge in [-0.05, 0) is 24.5 Å². The van der Waals surface area contributed by atoms with E-state index in [1.54, 1.807) is 0 Å². The molecule has 2 nitrogen and oxygen atoms in total.